The second-order valence-corrected chi connectivity index (χ2v) is 5.18. The number of esters is 4. The molecule has 0 radical (unpaired) electrons. The molecule has 0 saturated carbocycles. The van der Waals surface area contributed by atoms with Crippen LogP contribution in [-0.2, 0) is 42.9 Å². The first-order valence-corrected chi connectivity index (χ1v) is 7.18. The van der Waals surface area contributed by atoms with E-state index in [-0.39, 0.29) is 6.61 Å². The summed E-state index contributed by atoms with van der Waals surface area (Å²) in [5, 5.41) is 0. The number of ether oxygens (including phenoxy) is 5. The van der Waals surface area contributed by atoms with E-state index in [2.05, 4.69) is 0 Å². The highest BCUT2D eigenvalue weighted by Gasteiger charge is 2.50. The van der Waals surface area contributed by atoms with Crippen molar-refractivity contribution >= 4 is 23.9 Å². The van der Waals surface area contributed by atoms with Crippen molar-refractivity contribution < 1.29 is 42.9 Å². The molecule has 1 aliphatic rings. The first kappa shape index (κ1) is 19.8. The molecule has 0 aromatic carbocycles. The highest BCUT2D eigenvalue weighted by molar-refractivity contribution is 5.68. The Balaban J connectivity index is 3.08. The van der Waals surface area contributed by atoms with E-state index in [0.29, 0.717) is 0 Å². The summed E-state index contributed by atoms with van der Waals surface area (Å²) >= 11 is 0. The molecule has 1 fully saturated rings. The molecule has 0 aromatic rings. The van der Waals surface area contributed by atoms with E-state index in [0.717, 1.165) is 20.8 Å². The number of carbonyl (C=O) groups is 4. The first-order valence-electron chi connectivity index (χ1n) is 7.18. The van der Waals surface area contributed by atoms with Crippen LogP contribution in [0.2, 0.25) is 0 Å². The van der Waals surface area contributed by atoms with Crippen LogP contribution in [0.3, 0.4) is 0 Å². The van der Waals surface area contributed by atoms with Crippen molar-refractivity contribution in [2.24, 2.45) is 5.73 Å². The Labute approximate surface area is 138 Å². The van der Waals surface area contributed by atoms with Gasteiger partial charge in [-0.25, -0.2) is 0 Å². The predicted molar refractivity (Wildman–Crippen MR) is 76.1 cm³/mol. The zero-order valence-corrected chi connectivity index (χ0v) is 13.8. The Bertz CT molecular complexity index is 490. The Morgan fingerprint density at radius 3 is 1.79 bits per heavy atom. The molecule has 0 spiro atoms. The molecular formula is C14H21NO9. The topological polar surface area (TPSA) is 140 Å². The van der Waals surface area contributed by atoms with Crippen molar-refractivity contribution in [1.29, 1.82) is 0 Å². The fourth-order valence-electron chi connectivity index (χ4n) is 2.20. The van der Waals surface area contributed by atoms with Gasteiger partial charge >= 0.3 is 23.9 Å². The summed E-state index contributed by atoms with van der Waals surface area (Å²) in [4.78, 5) is 44.9. The number of hydrogen-bond donors (Lipinski definition) is 1. The quantitative estimate of drug-likeness (QED) is 0.487. The maximum absolute atomic E-state index is 11.3. The molecule has 0 aliphatic carbocycles. The van der Waals surface area contributed by atoms with Gasteiger partial charge in [0.05, 0.1) is 0 Å². The zero-order valence-electron chi connectivity index (χ0n) is 13.8. The van der Waals surface area contributed by atoms with Crippen molar-refractivity contribution in [1.82, 2.24) is 0 Å². The third-order valence-corrected chi connectivity index (χ3v) is 3.03. The Morgan fingerprint density at radius 2 is 1.33 bits per heavy atom. The zero-order chi connectivity index (χ0) is 18.4. The van der Waals surface area contributed by atoms with Gasteiger partial charge in [0.25, 0.3) is 0 Å². The molecule has 1 rings (SSSR count). The second kappa shape index (κ2) is 8.60. The average Bonchev–Trinajstić information content (AvgIpc) is 2.42. The minimum atomic E-state index is -1.26. The van der Waals surface area contributed by atoms with Gasteiger partial charge in [-0.05, 0) is 0 Å². The first-order chi connectivity index (χ1) is 11.1. The van der Waals surface area contributed by atoms with Gasteiger partial charge in [-0.1, -0.05) is 0 Å². The molecule has 10 nitrogen and oxygen atoms in total. The SMILES string of the molecule is CC(=O)OC[C@H]1O[C@@H](OC(C)=O)[C@H](N)[C@H](OC(C)=O)[C@@H]1OC(C)=O. The fourth-order valence-corrected chi connectivity index (χ4v) is 2.20. The van der Waals surface area contributed by atoms with Crippen molar-refractivity contribution in [3.8, 4) is 0 Å². The summed E-state index contributed by atoms with van der Waals surface area (Å²) < 4.78 is 25.5. The van der Waals surface area contributed by atoms with Crippen molar-refractivity contribution in [2.45, 2.75) is 58.3 Å². The average molecular weight is 347 g/mol. The van der Waals surface area contributed by atoms with E-state index in [1.165, 1.54) is 6.92 Å². The lowest BCUT2D eigenvalue weighted by Gasteiger charge is -2.42. The van der Waals surface area contributed by atoms with Crippen LogP contribution in [0.4, 0.5) is 0 Å². The summed E-state index contributed by atoms with van der Waals surface area (Å²) in [5.74, 6) is -2.62. The van der Waals surface area contributed by atoms with Gasteiger partial charge in [-0.2, -0.15) is 0 Å². The number of nitrogens with two attached hydrogens (primary N) is 1. The molecule has 0 aromatic heterocycles. The van der Waals surface area contributed by atoms with Gasteiger partial charge in [0, 0.05) is 27.7 Å². The largest absolute Gasteiger partial charge is 0.463 e. The summed E-state index contributed by atoms with van der Waals surface area (Å²) in [6.45, 7) is 4.32. The molecule has 2 N–H and O–H groups in total. The van der Waals surface area contributed by atoms with Gasteiger partial charge in [0.15, 0.2) is 12.2 Å². The van der Waals surface area contributed by atoms with E-state index in [9.17, 15) is 19.2 Å². The third-order valence-electron chi connectivity index (χ3n) is 3.03. The van der Waals surface area contributed by atoms with Crippen LogP contribution >= 0.6 is 0 Å². The molecule has 0 bridgehead atoms. The summed E-state index contributed by atoms with van der Waals surface area (Å²) in [5.41, 5.74) is 5.93. The number of hydrogen-bond acceptors (Lipinski definition) is 10. The molecule has 136 valence electrons. The molecule has 1 aliphatic heterocycles. The standard InChI is InChI=1S/C14H21NO9/c1-6(16)20-5-10-12(21-7(2)17)13(22-8(3)18)11(15)14(24-10)23-9(4)19/h10-14H,5,15H2,1-4H3/t10-,11-,12-,13+,14-/m1/s1. The Hall–Kier alpha value is -2.20. The highest BCUT2D eigenvalue weighted by Crippen LogP contribution is 2.26. The van der Waals surface area contributed by atoms with E-state index < -0.39 is 54.5 Å². The van der Waals surface area contributed by atoms with Crippen LogP contribution in [0.1, 0.15) is 27.7 Å². The molecule has 0 unspecified atom stereocenters. The van der Waals surface area contributed by atoms with Crippen LogP contribution in [0.15, 0.2) is 0 Å². The van der Waals surface area contributed by atoms with Crippen LogP contribution in [0.25, 0.3) is 0 Å². The predicted octanol–water partition coefficient (Wildman–Crippen LogP) is -0.972. The number of rotatable bonds is 5. The van der Waals surface area contributed by atoms with Gasteiger partial charge in [-0.3, -0.25) is 19.2 Å². The highest BCUT2D eigenvalue weighted by atomic mass is 16.7. The molecule has 24 heavy (non-hydrogen) atoms. The normalized spacial score (nSPS) is 29.3. The molecule has 1 heterocycles. The van der Waals surface area contributed by atoms with Gasteiger partial charge in [0.1, 0.15) is 18.8 Å². The Morgan fingerprint density at radius 1 is 0.833 bits per heavy atom. The van der Waals surface area contributed by atoms with Crippen molar-refractivity contribution in [3.05, 3.63) is 0 Å². The van der Waals surface area contributed by atoms with E-state index in [4.69, 9.17) is 29.4 Å². The summed E-state index contributed by atoms with van der Waals surface area (Å²) in [6, 6.07) is -1.10. The minimum Gasteiger partial charge on any atom is -0.463 e. The lowest BCUT2D eigenvalue weighted by atomic mass is 9.97. The molecular weight excluding hydrogens is 326 g/mol. The van der Waals surface area contributed by atoms with Gasteiger partial charge < -0.3 is 29.4 Å². The number of carbonyl (C=O) groups excluding carboxylic acids is 4. The summed E-state index contributed by atoms with van der Waals surface area (Å²) in [7, 11) is 0. The van der Waals surface area contributed by atoms with Crippen LogP contribution in [0.5, 0.6) is 0 Å². The second-order valence-electron chi connectivity index (χ2n) is 5.18. The van der Waals surface area contributed by atoms with E-state index in [1.807, 2.05) is 0 Å². The monoisotopic (exact) mass is 347 g/mol. The Kier molecular flexibility index (Phi) is 7.11. The van der Waals surface area contributed by atoms with Crippen LogP contribution in [-0.4, -0.2) is 61.1 Å². The lowest BCUT2D eigenvalue weighted by Crippen LogP contribution is -2.65. The smallest absolute Gasteiger partial charge is 0.304 e. The summed E-state index contributed by atoms with van der Waals surface area (Å²) in [6.07, 6.45) is -4.58. The maximum atomic E-state index is 11.3. The lowest BCUT2D eigenvalue weighted by molar-refractivity contribution is -0.267. The third kappa shape index (κ3) is 5.78. The molecule has 10 heteroatoms. The van der Waals surface area contributed by atoms with Crippen LogP contribution < -0.4 is 5.73 Å². The molecule has 1 saturated heterocycles. The van der Waals surface area contributed by atoms with Crippen molar-refractivity contribution in [3.63, 3.8) is 0 Å². The van der Waals surface area contributed by atoms with E-state index >= 15 is 0 Å². The van der Waals surface area contributed by atoms with E-state index in [1.54, 1.807) is 0 Å². The minimum absolute atomic E-state index is 0.310. The van der Waals surface area contributed by atoms with Crippen LogP contribution in [0, 0.1) is 0 Å². The molecule has 5 atom stereocenters. The van der Waals surface area contributed by atoms with Gasteiger partial charge in [-0.15, -0.1) is 0 Å². The molecule has 0 amide bonds. The maximum Gasteiger partial charge on any atom is 0.304 e. The fraction of sp³-hybridized carbons (Fsp3) is 0.714. The van der Waals surface area contributed by atoms with Crippen molar-refractivity contribution in [2.75, 3.05) is 6.61 Å². The van der Waals surface area contributed by atoms with Gasteiger partial charge in [0.2, 0.25) is 6.29 Å².